The fraction of sp³-hybridized carbons (Fsp3) is 0.579. The highest BCUT2D eigenvalue weighted by atomic mass is 35.5. The third-order valence-corrected chi connectivity index (χ3v) is 5.26. The standard InChI is InChI=1S/C19H26N2O.ClH/c1-14-18(17-4-2-3-5-19(17)22-14)13-21-10-8-16(9-11-21)20-12-15-6-7-15;/h2-5,15-16,20H,6-13H2,1H3;1H. The number of rotatable bonds is 5. The van der Waals surface area contributed by atoms with Gasteiger partial charge < -0.3 is 9.73 Å². The summed E-state index contributed by atoms with van der Waals surface area (Å²) in [6.07, 6.45) is 5.44. The summed E-state index contributed by atoms with van der Waals surface area (Å²) >= 11 is 0. The summed E-state index contributed by atoms with van der Waals surface area (Å²) in [6.45, 7) is 6.76. The molecule has 4 rings (SSSR count). The van der Waals surface area contributed by atoms with E-state index in [2.05, 4.69) is 35.3 Å². The number of halogens is 1. The van der Waals surface area contributed by atoms with Gasteiger partial charge in [-0.2, -0.15) is 0 Å². The van der Waals surface area contributed by atoms with E-state index in [1.807, 2.05) is 6.07 Å². The predicted octanol–water partition coefficient (Wildman–Crippen LogP) is 4.13. The SMILES string of the molecule is Cc1oc2ccccc2c1CN1CCC(NCC2CC2)CC1.Cl. The Morgan fingerprint density at radius 3 is 2.61 bits per heavy atom. The molecule has 2 fully saturated rings. The van der Waals surface area contributed by atoms with Gasteiger partial charge in [-0.15, -0.1) is 12.4 Å². The molecular weight excluding hydrogens is 308 g/mol. The Morgan fingerprint density at radius 2 is 1.87 bits per heavy atom. The van der Waals surface area contributed by atoms with Gasteiger partial charge in [0.05, 0.1) is 0 Å². The minimum atomic E-state index is 0. The summed E-state index contributed by atoms with van der Waals surface area (Å²) in [5.74, 6) is 2.06. The molecule has 0 radical (unpaired) electrons. The van der Waals surface area contributed by atoms with Gasteiger partial charge in [0.15, 0.2) is 0 Å². The fourth-order valence-corrected chi connectivity index (χ4v) is 3.59. The Morgan fingerprint density at radius 1 is 1.13 bits per heavy atom. The molecule has 0 atom stereocenters. The van der Waals surface area contributed by atoms with Crippen molar-refractivity contribution in [1.29, 1.82) is 0 Å². The van der Waals surface area contributed by atoms with Gasteiger partial charge in [-0.3, -0.25) is 4.90 Å². The van der Waals surface area contributed by atoms with Crippen molar-refractivity contribution >= 4 is 23.4 Å². The first-order chi connectivity index (χ1) is 10.8. The summed E-state index contributed by atoms with van der Waals surface area (Å²) in [5.41, 5.74) is 2.40. The van der Waals surface area contributed by atoms with Crippen LogP contribution in [0, 0.1) is 12.8 Å². The maximum atomic E-state index is 5.89. The molecule has 0 bridgehead atoms. The van der Waals surface area contributed by atoms with Crippen LogP contribution in [0.25, 0.3) is 11.0 Å². The molecular formula is C19H27ClN2O. The number of piperidine rings is 1. The summed E-state index contributed by atoms with van der Waals surface area (Å²) in [6, 6.07) is 9.14. The first-order valence-corrected chi connectivity index (χ1v) is 8.72. The molecule has 0 spiro atoms. The van der Waals surface area contributed by atoms with E-state index in [0.717, 1.165) is 29.8 Å². The number of hydrogen-bond donors (Lipinski definition) is 1. The molecule has 1 aliphatic carbocycles. The Balaban J connectivity index is 0.00000156. The van der Waals surface area contributed by atoms with Gasteiger partial charge in [-0.25, -0.2) is 0 Å². The molecule has 1 saturated heterocycles. The smallest absolute Gasteiger partial charge is 0.134 e. The number of likely N-dealkylation sites (tertiary alicyclic amines) is 1. The maximum absolute atomic E-state index is 5.89. The molecule has 1 aromatic heterocycles. The lowest BCUT2D eigenvalue weighted by atomic mass is 10.0. The normalized spacial score (nSPS) is 19.9. The van der Waals surface area contributed by atoms with E-state index in [1.165, 1.54) is 56.3 Å². The zero-order chi connectivity index (χ0) is 14.9. The van der Waals surface area contributed by atoms with Crippen LogP contribution in [0.5, 0.6) is 0 Å². The van der Waals surface area contributed by atoms with E-state index in [4.69, 9.17) is 4.42 Å². The number of nitrogens with zero attached hydrogens (tertiary/aromatic N) is 1. The van der Waals surface area contributed by atoms with Gasteiger partial charge in [-0.05, 0) is 64.2 Å². The van der Waals surface area contributed by atoms with Crippen LogP contribution in [0.15, 0.2) is 28.7 Å². The fourth-order valence-electron chi connectivity index (χ4n) is 3.59. The molecule has 3 nitrogen and oxygen atoms in total. The molecule has 1 aliphatic heterocycles. The van der Waals surface area contributed by atoms with E-state index < -0.39 is 0 Å². The first kappa shape index (κ1) is 16.8. The molecule has 2 heterocycles. The molecule has 0 unspecified atom stereocenters. The van der Waals surface area contributed by atoms with Gasteiger partial charge in [0.2, 0.25) is 0 Å². The Labute approximate surface area is 144 Å². The van der Waals surface area contributed by atoms with Gasteiger partial charge in [0, 0.05) is 23.5 Å². The average molecular weight is 335 g/mol. The number of fused-ring (bicyclic) bond motifs is 1. The second kappa shape index (κ2) is 7.25. The van der Waals surface area contributed by atoms with Crippen molar-refractivity contribution in [1.82, 2.24) is 10.2 Å². The van der Waals surface area contributed by atoms with Gasteiger partial charge in [0.25, 0.3) is 0 Å². The second-order valence-corrected chi connectivity index (χ2v) is 7.04. The van der Waals surface area contributed by atoms with E-state index in [9.17, 15) is 0 Å². The largest absolute Gasteiger partial charge is 0.461 e. The van der Waals surface area contributed by atoms with Crippen LogP contribution in [0.3, 0.4) is 0 Å². The molecule has 2 aromatic rings. The monoisotopic (exact) mass is 334 g/mol. The van der Waals surface area contributed by atoms with Gasteiger partial charge in [0.1, 0.15) is 11.3 Å². The summed E-state index contributed by atoms with van der Waals surface area (Å²) in [4.78, 5) is 2.58. The van der Waals surface area contributed by atoms with Crippen molar-refractivity contribution < 1.29 is 4.42 Å². The topological polar surface area (TPSA) is 28.4 Å². The van der Waals surface area contributed by atoms with Crippen molar-refractivity contribution in [3.05, 3.63) is 35.6 Å². The van der Waals surface area contributed by atoms with E-state index in [-0.39, 0.29) is 12.4 Å². The van der Waals surface area contributed by atoms with Crippen molar-refractivity contribution in [2.24, 2.45) is 5.92 Å². The van der Waals surface area contributed by atoms with Crippen molar-refractivity contribution in [2.75, 3.05) is 19.6 Å². The first-order valence-electron chi connectivity index (χ1n) is 8.72. The number of aryl methyl sites for hydroxylation is 1. The van der Waals surface area contributed by atoms with Crippen LogP contribution in [0.2, 0.25) is 0 Å². The third-order valence-electron chi connectivity index (χ3n) is 5.26. The number of para-hydroxylation sites is 1. The molecule has 4 heteroatoms. The summed E-state index contributed by atoms with van der Waals surface area (Å²) < 4.78 is 5.89. The lowest BCUT2D eigenvalue weighted by Crippen LogP contribution is -2.42. The van der Waals surface area contributed by atoms with Crippen molar-refractivity contribution in [3.8, 4) is 0 Å². The number of furan rings is 1. The van der Waals surface area contributed by atoms with Crippen LogP contribution >= 0.6 is 12.4 Å². The number of hydrogen-bond acceptors (Lipinski definition) is 3. The number of nitrogens with one attached hydrogen (secondary N) is 1. The lowest BCUT2D eigenvalue weighted by Gasteiger charge is -2.32. The third kappa shape index (κ3) is 3.90. The summed E-state index contributed by atoms with van der Waals surface area (Å²) in [7, 11) is 0. The molecule has 0 amide bonds. The Hall–Kier alpha value is -1.03. The quantitative estimate of drug-likeness (QED) is 0.891. The van der Waals surface area contributed by atoms with Gasteiger partial charge in [-0.1, -0.05) is 18.2 Å². The minimum Gasteiger partial charge on any atom is -0.461 e. The molecule has 1 saturated carbocycles. The Kier molecular flexibility index (Phi) is 5.30. The molecule has 1 aromatic carbocycles. The Bertz CT molecular complexity index is 642. The lowest BCUT2D eigenvalue weighted by molar-refractivity contribution is 0.190. The van der Waals surface area contributed by atoms with Crippen LogP contribution in [-0.2, 0) is 6.54 Å². The number of benzene rings is 1. The van der Waals surface area contributed by atoms with Crippen molar-refractivity contribution in [3.63, 3.8) is 0 Å². The van der Waals surface area contributed by atoms with E-state index in [1.54, 1.807) is 0 Å². The molecule has 23 heavy (non-hydrogen) atoms. The highest BCUT2D eigenvalue weighted by Crippen LogP contribution is 2.29. The van der Waals surface area contributed by atoms with Crippen LogP contribution in [-0.4, -0.2) is 30.6 Å². The highest BCUT2D eigenvalue weighted by Gasteiger charge is 2.25. The van der Waals surface area contributed by atoms with Gasteiger partial charge >= 0.3 is 0 Å². The summed E-state index contributed by atoms with van der Waals surface area (Å²) in [5, 5.41) is 5.04. The van der Waals surface area contributed by atoms with Crippen LogP contribution in [0.1, 0.15) is 37.0 Å². The van der Waals surface area contributed by atoms with Crippen LogP contribution < -0.4 is 5.32 Å². The zero-order valence-corrected chi connectivity index (χ0v) is 14.7. The molecule has 126 valence electrons. The zero-order valence-electron chi connectivity index (χ0n) is 13.9. The van der Waals surface area contributed by atoms with E-state index >= 15 is 0 Å². The van der Waals surface area contributed by atoms with Crippen molar-refractivity contribution in [2.45, 2.75) is 45.2 Å². The molecule has 1 N–H and O–H groups in total. The van der Waals surface area contributed by atoms with E-state index in [0.29, 0.717) is 0 Å². The van der Waals surface area contributed by atoms with Crippen LogP contribution in [0.4, 0.5) is 0 Å². The average Bonchev–Trinajstić information content (AvgIpc) is 3.32. The minimum absolute atomic E-state index is 0. The highest BCUT2D eigenvalue weighted by molar-refractivity contribution is 5.85. The second-order valence-electron chi connectivity index (χ2n) is 7.04. The maximum Gasteiger partial charge on any atom is 0.134 e. The molecule has 2 aliphatic rings. The predicted molar refractivity (Wildman–Crippen MR) is 97.2 cm³/mol.